The van der Waals surface area contributed by atoms with Crippen molar-refractivity contribution < 1.29 is 9.53 Å². The molecule has 2 N–H and O–H groups in total. The summed E-state index contributed by atoms with van der Waals surface area (Å²) < 4.78 is 5.05. The summed E-state index contributed by atoms with van der Waals surface area (Å²) in [6.45, 7) is 3.51. The molecule has 0 spiro atoms. The fraction of sp³-hybridized carbons (Fsp3) is 0.118. The molecule has 0 aliphatic carbocycles. The van der Waals surface area contributed by atoms with Crippen molar-refractivity contribution in [1.82, 2.24) is 15.0 Å². The SMILES string of the molecule is CC=C(C)OC(=O)Nc1cnc2[nH]c(-c3ccccc3)nc2c1. The molecule has 3 rings (SSSR count). The Morgan fingerprint density at radius 1 is 1.30 bits per heavy atom. The number of H-pyrrole nitrogens is 1. The van der Waals surface area contributed by atoms with Crippen LogP contribution in [0.5, 0.6) is 0 Å². The zero-order valence-electron chi connectivity index (χ0n) is 12.8. The topological polar surface area (TPSA) is 79.9 Å². The number of aromatic nitrogens is 3. The largest absolute Gasteiger partial charge is 0.416 e. The third-order valence-corrected chi connectivity index (χ3v) is 3.29. The number of carbonyl (C=O) groups is 1. The van der Waals surface area contributed by atoms with Gasteiger partial charge in [0.05, 0.1) is 11.9 Å². The van der Waals surface area contributed by atoms with Crippen molar-refractivity contribution in [1.29, 1.82) is 0 Å². The van der Waals surface area contributed by atoms with Gasteiger partial charge >= 0.3 is 6.09 Å². The van der Waals surface area contributed by atoms with E-state index in [1.807, 2.05) is 30.3 Å². The second-order valence-corrected chi connectivity index (χ2v) is 4.96. The van der Waals surface area contributed by atoms with Crippen molar-refractivity contribution in [2.45, 2.75) is 13.8 Å². The Morgan fingerprint density at radius 3 is 2.83 bits per heavy atom. The van der Waals surface area contributed by atoms with E-state index in [-0.39, 0.29) is 0 Å². The number of rotatable bonds is 3. The predicted molar refractivity (Wildman–Crippen MR) is 88.9 cm³/mol. The fourth-order valence-electron chi connectivity index (χ4n) is 2.04. The molecule has 2 aromatic heterocycles. The Morgan fingerprint density at radius 2 is 2.09 bits per heavy atom. The molecular weight excluding hydrogens is 292 g/mol. The fourth-order valence-corrected chi connectivity index (χ4v) is 2.04. The number of amides is 1. The first-order chi connectivity index (χ1) is 11.2. The lowest BCUT2D eigenvalue weighted by Crippen LogP contribution is -2.12. The van der Waals surface area contributed by atoms with Crippen LogP contribution in [0.4, 0.5) is 10.5 Å². The number of nitrogens with zero attached hydrogens (tertiary/aromatic N) is 2. The quantitative estimate of drug-likeness (QED) is 0.714. The van der Waals surface area contributed by atoms with E-state index in [4.69, 9.17) is 4.74 Å². The van der Waals surface area contributed by atoms with Gasteiger partial charge in [-0.05, 0) is 26.0 Å². The molecule has 3 aromatic rings. The minimum atomic E-state index is -0.555. The predicted octanol–water partition coefficient (Wildman–Crippen LogP) is 4.10. The van der Waals surface area contributed by atoms with E-state index in [9.17, 15) is 4.79 Å². The van der Waals surface area contributed by atoms with Gasteiger partial charge in [0.1, 0.15) is 17.1 Å². The highest BCUT2D eigenvalue weighted by atomic mass is 16.6. The van der Waals surface area contributed by atoms with Gasteiger partial charge in [-0.3, -0.25) is 5.32 Å². The van der Waals surface area contributed by atoms with E-state index in [1.54, 1.807) is 32.2 Å². The van der Waals surface area contributed by atoms with Crippen molar-refractivity contribution in [3.8, 4) is 11.4 Å². The lowest BCUT2D eigenvalue weighted by atomic mass is 10.2. The minimum Gasteiger partial charge on any atom is -0.415 e. The van der Waals surface area contributed by atoms with Crippen LogP contribution >= 0.6 is 0 Å². The monoisotopic (exact) mass is 308 g/mol. The van der Waals surface area contributed by atoms with Crippen LogP contribution in [-0.4, -0.2) is 21.0 Å². The molecule has 23 heavy (non-hydrogen) atoms. The van der Waals surface area contributed by atoms with Crippen LogP contribution in [0.3, 0.4) is 0 Å². The number of hydrogen-bond donors (Lipinski definition) is 2. The van der Waals surface area contributed by atoms with Gasteiger partial charge in [-0.2, -0.15) is 0 Å². The van der Waals surface area contributed by atoms with Crippen LogP contribution in [0.2, 0.25) is 0 Å². The summed E-state index contributed by atoms with van der Waals surface area (Å²) in [6, 6.07) is 11.5. The number of nitrogens with one attached hydrogen (secondary N) is 2. The highest BCUT2D eigenvalue weighted by Gasteiger charge is 2.09. The zero-order chi connectivity index (χ0) is 16.2. The van der Waals surface area contributed by atoms with Crippen molar-refractivity contribution in [3.05, 3.63) is 54.4 Å². The van der Waals surface area contributed by atoms with Crippen LogP contribution in [0.15, 0.2) is 54.4 Å². The van der Waals surface area contributed by atoms with E-state index >= 15 is 0 Å². The number of hydrogen-bond acceptors (Lipinski definition) is 4. The molecule has 0 radical (unpaired) electrons. The average Bonchev–Trinajstić information content (AvgIpc) is 2.98. The first-order valence-corrected chi connectivity index (χ1v) is 7.18. The van der Waals surface area contributed by atoms with E-state index in [0.717, 1.165) is 11.4 Å². The molecule has 0 saturated carbocycles. The third-order valence-electron chi connectivity index (χ3n) is 3.29. The molecule has 0 bridgehead atoms. The lowest BCUT2D eigenvalue weighted by molar-refractivity contribution is 0.191. The molecule has 0 unspecified atom stereocenters. The number of aromatic amines is 1. The second-order valence-electron chi connectivity index (χ2n) is 4.96. The molecule has 0 atom stereocenters. The van der Waals surface area contributed by atoms with E-state index in [0.29, 0.717) is 22.6 Å². The van der Waals surface area contributed by atoms with Crippen LogP contribution in [0.1, 0.15) is 13.8 Å². The number of fused-ring (bicyclic) bond motifs is 1. The van der Waals surface area contributed by atoms with Gasteiger partial charge in [-0.15, -0.1) is 0 Å². The first kappa shape index (κ1) is 14.8. The van der Waals surface area contributed by atoms with Gasteiger partial charge in [-0.25, -0.2) is 14.8 Å². The Labute approximate surface area is 133 Å². The summed E-state index contributed by atoms with van der Waals surface area (Å²) in [5.74, 6) is 1.26. The van der Waals surface area contributed by atoms with Gasteiger partial charge < -0.3 is 9.72 Å². The molecule has 6 heteroatoms. The van der Waals surface area contributed by atoms with Crippen LogP contribution < -0.4 is 5.32 Å². The Hall–Kier alpha value is -3.15. The summed E-state index contributed by atoms with van der Waals surface area (Å²) >= 11 is 0. The van der Waals surface area contributed by atoms with Gasteiger partial charge in [0.2, 0.25) is 0 Å². The first-order valence-electron chi connectivity index (χ1n) is 7.18. The van der Waals surface area contributed by atoms with Gasteiger partial charge in [0.25, 0.3) is 0 Å². The van der Waals surface area contributed by atoms with Gasteiger partial charge in [-0.1, -0.05) is 30.3 Å². The van der Waals surface area contributed by atoms with Crippen LogP contribution in [0, 0.1) is 0 Å². The third kappa shape index (κ3) is 3.37. The summed E-state index contributed by atoms with van der Waals surface area (Å²) in [7, 11) is 0. The molecule has 1 amide bonds. The Kier molecular flexibility index (Phi) is 4.05. The summed E-state index contributed by atoms with van der Waals surface area (Å²) in [4.78, 5) is 23.7. The molecule has 0 fully saturated rings. The standard InChI is InChI=1S/C17H16N4O2/c1-3-11(2)23-17(22)19-13-9-14-16(18-10-13)21-15(20-14)12-7-5-4-6-8-12/h3-10H,1-2H3,(H,19,22)(H,18,20,21). The number of carbonyl (C=O) groups excluding carboxylic acids is 1. The molecule has 116 valence electrons. The molecule has 1 aromatic carbocycles. The molecule has 0 aliphatic rings. The lowest BCUT2D eigenvalue weighted by Gasteiger charge is -2.05. The summed E-state index contributed by atoms with van der Waals surface area (Å²) in [6.07, 6.45) is 2.71. The highest BCUT2D eigenvalue weighted by molar-refractivity contribution is 5.88. The average molecular weight is 308 g/mol. The number of ether oxygens (including phenoxy) is 1. The van der Waals surface area contributed by atoms with Crippen LogP contribution in [0.25, 0.3) is 22.6 Å². The summed E-state index contributed by atoms with van der Waals surface area (Å²) in [5, 5.41) is 2.63. The number of anilines is 1. The van der Waals surface area contributed by atoms with Crippen molar-refractivity contribution >= 4 is 22.9 Å². The van der Waals surface area contributed by atoms with E-state index < -0.39 is 6.09 Å². The van der Waals surface area contributed by atoms with Gasteiger partial charge in [0, 0.05) is 5.56 Å². The molecular formula is C17H16N4O2. The molecule has 2 heterocycles. The number of imidazole rings is 1. The van der Waals surface area contributed by atoms with E-state index in [1.165, 1.54) is 0 Å². The van der Waals surface area contributed by atoms with Crippen molar-refractivity contribution in [2.75, 3.05) is 5.32 Å². The molecule has 0 saturated heterocycles. The minimum absolute atomic E-state index is 0.525. The smallest absolute Gasteiger partial charge is 0.415 e. The van der Waals surface area contributed by atoms with Crippen molar-refractivity contribution in [3.63, 3.8) is 0 Å². The number of pyridine rings is 1. The van der Waals surface area contributed by atoms with Crippen LogP contribution in [-0.2, 0) is 4.74 Å². The van der Waals surface area contributed by atoms with E-state index in [2.05, 4.69) is 20.3 Å². The second kappa shape index (κ2) is 6.31. The summed E-state index contributed by atoms with van der Waals surface area (Å²) in [5.41, 5.74) is 2.83. The maximum atomic E-state index is 11.7. The number of allylic oxidation sites excluding steroid dienone is 2. The number of benzene rings is 1. The Bertz CT molecular complexity index is 869. The van der Waals surface area contributed by atoms with Gasteiger partial charge in [0.15, 0.2) is 5.65 Å². The Balaban J connectivity index is 1.83. The van der Waals surface area contributed by atoms with Crippen molar-refractivity contribution in [2.24, 2.45) is 0 Å². The zero-order valence-corrected chi connectivity index (χ0v) is 12.8. The highest BCUT2D eigenvalue weighted by Crippen LogP contribution is 2.21. The molecule has 0 aliphatic heterocycles. The maximum absolute atomic E-state index is 11.7. The normalized spacial score (nSPS) is 11.5. The maximum Gasteiger partial charge on any atom is 0.416 e. The molecule has 6 nitrogen and oxygen atoms in total.